The molecule has 1 heterocycles. The van der Waals surface area contributed by atoms with Crippen molar-refractivity contribution >= 4 is 11.6 Å². The number of nitrogens with one attached hydrogen (secondary N) is 2. The summed E-state index contributed by atoms with van der Waals surface area (Å²) in [5, 5.41) is 6.30. The number of ether oxygens (including phenoxy) is 1. The topological polar surface area (TPSA) is 50.4 Å². The average Bonchev–Trinajstić information content (AvgIpc) is 2.93. The van der Waals surface area contributed by atoms with E-state index in [1.807, 2.05) is 24.3 Å². The SMILES string of the molecule is CCCCOc1ccccc1NC(=O)CC1CCCN1. The second-order valence-electron chi connectivity index (χ2n) is 5.24. The van der Waals surface area contributed by atoms with Crippen molar-refractivity contribution in [2.75, 3.05) is 18.5 Å². The number of carbonyl (C=O) groups is 1. The molecule has 4 nitrogen and oxygen atoms in total. The highest BCUT2D eigenvalue weighted by Crippen LogP contribution is 2.24. The van der Waals surface area contributed by atoms with Gasteiger partial charge in [0.1, 0.15) is 5.75 Å². The van der Waals surface area contributed by atoms with Crippen LogP contribution in [0.2, 0.25) is 0 Å². The fraction of sp³-hybridized carbons (Fsp3) is 0.562. The Kier molecular flexibility index (Phi) is 5.87. The van der Waals surface area contributed by atoms with Gasteiger partial charge in [0.25, 0.3) is 0 Å². The Labute approximate surface area is 120 Å². The molecule has 1 fully saturated rings. The lowest BCUT2D eigenvalue weighted by Gasteiger charge is -2.14. The van der Waals surface area contributed by atoms with E-state index in [4.69, 9.17) is 4.74 Å². The summed E-state index contributed by atoms with van der Waals surface area (Å²) in [6, 6.07) is 7.95. The molecule has 1 aromatic carbocycles. The molecule has 2 rings (SSSR count). The minimum atomic E-state index is 0.0518. The highest BCUT2D eigenvalue weighted by molar-refractivity contribution is 5.92. The minimum Gasteiger partial charge on any atom is -0.491 e. The maximum absolute atomic E-state index is 12.0. The van der Waals surface area contributed by atoms with Crippen LogP contribution in [0.4, 0.5) is 5.69 Å². The van der Waals surface area contributed by atoms with Crippen molar-refractivity contribution in [2.45, 2.75) is 45.1 Å². The van der Waals surface area contributed by atoms with Gasteiger partial charge in [0, 0.05) is 12.5 Å². The van der Waals surface area contributed by atoms with Crippen molar-refractivity contribution in [2.24, 2.45) is 0 Å². The summed E-state index contributed by atoms with van der Waals surface area (Å²) in [6.45, 7) is 3.84. The molecule has 1 amide bonds. The van der Waals surface area contributed by atoms with Crippen molar-refractivity contribution in [1.29, 1.82) is 0 Å². The standard InChI is InChI=1S/C16H24N2O2/c1-2-3-11-20-15-9-5-4-8-14(15)18-16(19)12-13-7-6-10-17-13/h4-5,8-9,13,17H,2-3,6-7,10-12H2,1H3,(H,18,19). The van der Waals surface area contributed by atoms with Gasteiger partial charge in [-0.15, -0.1) is 0 Å². The van der Waals surface area contributed by atoms with E-state index in [0.29, 0.717) is 19.1 Å². The molecule has 1 saturated heterocycles. The number of carbonyl (C=O) groups excluding carboxylic acids is 1. The van der Waals surface area contributed by atoms with Crippen LogP contribution in [0.1, 0.15) is 39.0 Å². The third-order valence-corrected chi connectivity index (χ3v) is 3.51. The molecule has 1 atom stereocenters. The molecule has 1 aliphatic heterocycles. The minimum absolute atomic E-state index is 0.0518. The van der Waals surface area contributed by atoms with E-state index in [0.717, 1.165) is 43.7 Å². The lowest BCUT2D eigenvalue weighted by Crippen LogP contribution is -2.27. The Morgan fingerprint density at radius 2 is 2.30 bits per heavy atom. The van der Waals surface area contributed by atoms with E-state index in [-0.39, 0.29) is 5.91 Å². The fourth-order valence-electron chi connectivity index (χ4n) is 2.38. The molecule has 1 aromatic rings. The summed E-state index contributed by atoms with van der Waals surface area (Å²) >= 11 is 0. The number of para-hydroxylation sites is 2. The molecule has 0 bridgehead atoms. The van der Waals surface area contributed by atoms with Crippen LogP contribution >= 0.6 is 0 Å². The Hall–Kier alpha value is -1.55. The van der Waals surface area contributed by atoms with Crippen molar-refractivity contribution in [3.05, 3.63) is 24.3 Å². The smallest absolute Gasteiger partial charge is 0.226 e. The van der Waals surface area contributed by atoms with Crippen molar-refractivity contribution in [1.82, 2.24) is 5.32 Å². The van der Waals surface area contributed by atoms with Gasteiger partial charge in [0.15, 0.2) is 0 Å². The summed E-state index contributed by atoms with van der Waals surface area (Å²) in [5.41, 5.74) is 0.770. The third kappa shape index (κ3) is 4.53. The van der Waals surface area contributed by atoms with E-state index < -0.39 is 0 Å². The summed E-state index contributed by atoms with van der Waals surface area (Å²) in [6.07, 6.45) is 4.90. The summed E-state index contributed by atoms with van der Waals surface area (Å²) in [7, 11) is 0. The second-order valence-corrected chi connectivity index (χ2v) is 5.24. The van der Waals surface area contributed by atoms with Gasteiger partial charge in [0.05, 0.1) is 12.3 Å². The van der Waals surface area contributed by atoms with Crippen LogP contribution in [0.5, 0.6) is 5.75 Å². The van der Waals surface area contributed by atoms with E-state index >= 15 is 0 Å². The van der Waals surface area contributed by atoms with Crippen molar-refractivity contribution in [3.8, 4) is 5.75 Å². The van der Waals surface area contributed by atoms with Gasteiger partial charge >= 0.3 is 0 Å². The van der Waals surface area contributed by atoms with Crippen LogP contribution in [-0.4, -0.2) is 25.1 Å². The molecular weight excluding hydrogens is 252 g/mol. The van der Waals surface area contributed by atoms with E-state index in [9.17, 15) is 4.79 Å². The number of rotatable bonds is 7. The highest BCUT2D eigenvalue weighted by Gasteiger charge is 2.18. The Morgan fingerprint density at radius 1 is 1.45 bits per heavy atom. The summed E-state index contributed by atoms with van der Waals surface area (Å²) in [5.74, 6) is 0.810. The van der Waals surface area contributed by atoms with E-state index in [1.165, 1.54) is 0 Å². The Morgan fingerprint density at radius 3 is 3.05 bits per heavy atom. The first-order valence-electron chi connectivity index (χ1n) is 7.54. The molecule has 1 unspecified atom stereocenters. The van der Waals surface area contributed by atoms with Gasteiger partial charge < -0.3 is 15.4 Å². The second kappa shape index (κ2) is 7.90. The molecule has 0 aromatic heterocycles. The molecule has 20 heavy (non-hydrogen) atoms. The first-order chi connectivity index (χ1) is 9.79. The van der Waals surface area contributed by atoms with Crippen LogP contribution in [0.25, 0.3) is 0 Å². The Balaban J connectivity index is 1.88. The zero-order valence-electron chi connectivity index (χ0n) is 12.2. The molecule has 0 aliphatic carbocycles. The summed E-state index contributed by atoms with van der Waals surface area (Å²) < 4.78 is 5.72. The van der Waals surface area contributed by atoms with Gasteiger partial charge in [-0.05, 0) is 37.9 Å². The molecule has 110 valence electrons. The number of anilines is 1. The maximum atomic E-state index is 12.0. The van der Waals surface area contributed by atoms with Crippen LogP contribution in [0.3, 0.4) is 0 Å². The zero-order valence-corrected chi connectivity index (χ0v) is 12.2. The van der Waals surface area contributed by atoms with Crippen LogP contribution < -0.4 is 15.4 Å². The van der Waals surface area contributed by atoms with Crippen LogP contribution in [0, 0.1) is 0 Å². The van der Waals surface area contributed by atoms with Crippen molar-refractivity contribution < 1.29 is 9.53 Å². The van der Waals surface area contributed by atoms with Crippen LogP contribution in [0.15, 0.2) is 24.3 Å². The quantitative estimate of drug-likeness (QED) is 0.753. The molecule has 2 N–H and O–H groups in total. The monoisotopic (exact) mass is 276 g/mol. The first kappa shape index (κ1) is 14.9. The fourth-order valence-corrected chi connectivity index (χ4v) is 2.38. The number of benzene rings is 1. The number of hydrogen-bond donors (Lipinski definition) is 2. The third-order valence-electron chi connectivity index (χ3n) is 3.51. The molecule has 0 spiro atoms. The van der Waals surface area contributed by atoms with E-state index in [2.05, 4.69) is 17.6 Å². The number of hydrogen-bond acceptors (Lipinski definition) is 3. The first-order valence-corrected chi connectivity index (χ1v) is 7.54. The predicted molar refractivity (Wildman–Crippen MR) is 81.1 cm³/mol. The van der Waals surface area contributed by atoms with Gasteiger partial charge in [0.2, 0.25) is 5.91 Å². The van der Waals surface area contributed by atoms with Crippen molar-refractivity contribution in [3.63, 3.8) is 0 Å². The van der Waals surface area contributed by atoms with Gasteiger partial charge in [-0.25, -0.2) is 0 Å². The zero-order chi connectivity index (χ0) is 14.2. The van der Waals surface area contributed by atoms with Gasteiger partial charge in [-0.1, -0.05) is 25.5 Å². The molecular formula is C16H24N2O2. The van der Waals surface area contributed by atoms with Gasteiger partial charge in [-0.2, -0.15) is 0 Å². The summed E-state index contributed by atoms with van der Waals surface area (Å²) in [4.78, 5) is 12.0. The highest BCUT2D eigenvalue weighted by atomic mass is 16.5. The molecule has 1 aliphatic rings. The largest absolute Gasteiger partial charge is 0.491 e. The van der Waals surface area contributed by atoms with E-state index in [1.54, 1.807) is 0 Å². The lowest BCUT2D eigenvalue weighted by molar-refractivity contribution is -0.116. The van der Waals surface area contributed by atoms with Gasteiger partial charge in [-0.3, -0.25) is 4.79 Å². The number of unbranched alkanes of at least 4 members (excludes halogenated alkanes) is 1. The molecule has 0 radical (unpaired) electrons. The van der Waals surface area contributed by atoms with Crippen LogP contribution in [-0.2, 0) is 4.79 Å². The average molecular weight is 276 g/mol. The molecule has 4 heteroatoms. The lowest BCUT2D eigenvalue weighted by atomic mass is 10.1. The normalized spacial score (nSPS) is 17.9. The Bertz CT molecular complexity index is 428. The molecule has 0 saturated carbocycles. The maximum Gasteiger partial charge on any atom is 0.226 e. The number of amides is 1. The predicted octanol–water partition coefficient (Wildman–Crippen LogP) is 2.95.